The van der Waals surface area contributed by atoms with E-state index in [2.05, 4.69) is 15.3 Å². The highest BCUT2D eigenvalue weighted by Gasteiger charge is 2.30. The normalized spacial score (nSPS) is 17.0. The van der Waals surface area contributed by atoms with Gasteiger partial charge in [0.15, 0.2) is 0 Å². The first kappa shape index (κ1) is 27.4. The molecule has 10 heteroatoms. The zero-order valence-electron chi connectivity index (χ0n) is 22.3. The van der Waals surface area contributed by atoms with Crippen molar-refractivity contribution in [1.82, 2.24) is 20.0 Å². The summed E-state index contributed by atoms with van der Waals surface area (Å²) in [6.07, 6.45) is 4.78. The Hall–Kier alpha value is -3.79. The fourth-order valence-electron chi connectivity index (χ4n) is 5.19. The molecule has 2 atom stereocenters. The van der Waals surface area contributed by atoms with Crippen LogP contribution in [-0.2, 0) is 4.79 Å². The molecule has 0 radical (unpaired) electrons. The molecule has 2 heterocycles. The smallest absolute Gasteiger partial charge is 0.292 e. The number of hydrogen-bond acceptors (Lipinski definition) is 6. The van der Waals surface area contributed by atoms with Gasteiger partial charge in [-0.15, -0.1) is 0 Å². The van der Waals surface area contributed by atoms with Gasteiger partial charge in [-0.1, -0.05) is 17.7 Å². The van der Waals surface area contributed by atoms with Crippen LogP contribution < -0.4 is 10.1 Å². The number of nitrogens with one attached hydrogen (secondary N) is 1. The molecule has 1 aliphatic heterocycles. The third kappa shape index (κ3) is 6.12. The van der Waals surface area contributed by atoms with Gasteiger partial charge >= 0.3 is 0 Å². The van der Waals surface area contributed by atoms with Crippen LogP contribution >= 0.6 is 11.6 Å². The maximum absolute atomic E-state index is 13.4. The van der Waals surface area contributed by atoms with E-state index in [4.69, 9.17) is 16.3 Å². The van der Waals surface area contributed by atoms with Crippen molar-refractivity contribution in [1.29, 1.82) is 0 Å². The molecule has 1 aliphatic carbocycles. The van der Waals surface area contributed by atoms with Crippen molar-refractivity contribution in [3.8, 4) is 11.4 Å². The zero-order valence-corrected chi connectivity index (χ0v) is 23.1. The Labute approximate surface area is 241 Å². The number of benzene rings is 3. The highest BCUT2D eigenvalue weighted by Crippen LogP contribution is 2.34. The van der Waals surface area contributed by atoms with E-state index in [1.807, 2.05) is 0 Å². The number of nitrogens with zero attached hydrogens (tertiary/aromatic N) is 3. The molecule has 212 valence electrons. The number of halogens is 2. The fourth-order valence-corrected chi connectivity index (χ4v) is 5.42. The van der Waals surface area contributed by atoms with Crippen LogP contribution in [0.15, 0.2) is 66.9 Å². The predicted molar refractivity (Wildman–Crippen MR) is 153 cm³/mol. The van der Waals surface area contributed by atoms with Crippen LogP contribution in [0, 0.1) is 5.82 Å². The summed E-state index contributed by atoms with van der Waals surface area (Å²) in [6.45, 7) is 2.11. The number of aliphatic hydroxyl groups is 1. The number of Topliss-reactive ketones (excluding diaryl/α,β-unsaturated/α-hetero) is 1. The van der Waals surface area contributed by atoms with Crippen molar-refractivity contribution in [2.45, 2.75) is 43.9 Å². The number of ether oxygens (including phenoxy) is 1. The van der Waals surface area contributed by atoms with E-state index in [0.717, 1.165) is 38.8 Å². The molecule has 2 fully saturated rings. The molecule has 1 saturated carbocycles. The Balaban J connectivity index is 1.20. The van der Waals surface area contributed by atoms with Crippen LogP contribution in [0.5, 0.6) is 5.75 Å². The first-order valence-corrected chi connectivity index (χ1v) is 14.2. The number of hydrogen-bond donors (Lipinski definition) is 2. The summed E-state index contributed by atoms with van der Waals surface area (Å²) < 4.78 is 20.8. The van der Waals surface area contributed by atoms with Gasteiger partial charge in [0.25, 0.3) is 5.91 Å². The Kier molecular flexibility index (Phi) is 7.75. The maximum atomic E-state index is 13.4. The molecular weight excluding hydrogens is 547 g/mol. The molecule has 1 saturated heterocycles. The molecule has 6 rings (SSSR count). The minimum Gasteiger partial charge on any atom is -0.489 e. The number of rotatable bonds is 10. The monoisotopic (exact) mass is 576 g/mol. The lowest BCUT2D eigenvalue weighted by Gasteiger charge is -2.28. The van der Waals surface area contributed by atoms with Crippen molar-refractivity contribution in [3.63, 3.8) is 0 Å². The minimum atomic E-state index is -1.09. The molecule has 0 bridgehead atoms. The van der Waals surface area contributed by atoms with Crippen LogP contribution in [0.1, 0.15) is 47.7 Å². The van der Waals surface area contributed by atoms with Crippen LogP contribution in [0.4, 0.5) is 4.39 Å². The number of fused-ring (bicyclic) bond motifs is 1. The molecular formula is C31H30ClFN4O4. The summed E-state index contributed by atoms with van der Waals surface area (Å²) in [5.74, 6) is -1.30. The van der Waals surface area contributed by atoms with Gasteiger partial charge in [-0.3, -0.25) is 9.59 Å². The van der Waals surface area contributed by atoms with E-state index in [-0.39, 0.29) is 17.5 Å². The number of aromatic nitrogens is 2. The second-order valence-electron chi connectivity index (χ2n) is 10.7. The lowest BCUT2D eigenvalue weighted by Crippen LogP contribution is -2.48. The van der Waals surface area contributed by atoms with E-state index >= 15 is 0 Å². The van der Waals surface area contributed by atoms with E-state index in [9.17, 15) is 19.1 Å². The number of ketones is 1. The van der Waals surface area contributed by atoms with Crippen LogP contribution in [0.2, 0.25) is 5.02 Å². The standard InChI is InChI=1S/C31H30ClFN4O4/c32-25-16-20(4-12-28(25)41-24-9-10-24)29(38)26(18-36-13-1-2-14-36)35-31(40)30(39)19-3-11-27-21(15-19)17-34-37(27)23-7-5-22(33)6-8-23/h3-8,11-12,15-17,24,26,29,38H,1-2,9-10,13-14,18H2,(H,35,40)/t26-,29-/m1/s1. The van der Waals surface area contributed by atoms with Gasteiger partial charge in [-0.05, 0) is 98.9 Å². The van der Waals surface area contributed by atoms with Crippen molar-refractivity contribution >= 4 is 34.2 Å². The fraction of sp³-hybridized carbons (Fsp3) is 0.323. The Bertz CT molecular complexity index is 1580. The largest absolute Gasteiger partial charge is 0.489 e. The molecule has 1 amide bonds. The van der Waals surface area contributed by atoms with Gasteiger partial charge in [0.05, 0.1) is 34.6 Å². The highest BCUT2D eigenvalue weighted by atomic mass is 35.5. The molecule has 3 aromatic carbocycles. The predicted octanol–water partition coefficient (Wildman–Crippen LogP) is 4.86. The Morgan fingerprint density at radius 3 is 2.54 bits per heavy atom. The van der Waals surface area contributed by atoms with E-state index in [0.29, 0.717) is 39.5 Å². The summed E-state index contributed by atoms with van der Waals surface area (Å²) in [5, 5.41) is 19.5. The first-order valence-electron chi connectivity index (χ1n) is 13.8. The Morgan fingerprint density at radius 2 is 1.83 bits per heavy atom. The average Bonchev–Trinajstić information content (AvgIpc) is 3.46. The quantitative estimate of drug-likeness (QED) is 0.207. The number of carbonyl (C=O) groups excluding carboxylic acids is 2. The molecule has 4 aromatic rings. The summed E-state index contributed by atoms with van der Waals surface area (Å²) in [4.78, 5) is 28.6. The lowest BCUT2D eigenvalue weighted by atomic mass is 10.0. The maximum Gasteiger partial charge on any atom is 0.292 e. The highest BCUT2D eigenvalue weighted by molar-refractivity contribution is 6.43. The van der Waals surface area contributed by atoms with Crippen molar-refractivity contribution < 1.29 is 23.8 Å². The third-order valence-corrected chi connectivity index (χ3v) is 7.87. The summed E-state index contributed by atoms with van der Waals surface area (Å²) in [6, 6.07) is 15.2. The number of carbonyl (C=O) groups is 2. The van der Waals surface area contributed by atoms with Gasteiger partial charge in [-0.2, -0.15) is 5.10 Å². The summed E-state index contributed by atoms with van der Waals surface area (Å²) in [5.41, 5.74) is 2.11. The zero-order chi connectivity index (χ0) is 28.5. The first-order chi connectivity index (χ1) is 19.9. The topological polar surface area (TPSA) is 96.7 Å². The molecule has 1 aromatic heterocycles. The van der Waals surface area contributed by atoms with Crippen LogP contribution in [-0.4, -0.2) is 63.3 Å². The van der Waals surface area contributed by atoms with E-state index < -0.39 is 23.8 Å². The molecule has 0 unspecified atom stereocenters. The molecule has 0 spiro atoms. The number of aliphatic hydroxyl groups excluding tert-OH is 1. The molecule has 2 N–H and O–H groups in total. The van der Waals surface area contributed by atoms with Crippen molar-refractivity contribution in [2.75, 3.05) is 19.6 Å². The summed E-state index contributed by atoms with van der Waals surface area (Å²) >= 11 is 6.44. The molecule has 2 aliphatic rings. The second kappa shape index (κ2) is 11.6. The van der Waals surface area contributed by atoms with Gasteiger partial charge in [0.2, 0.25) is 5.78 Å². The van der Waals surface area contributed by atoms with Crippen LogP contribution in [0.3, 0.4) is 0 Å². The lowest BCUT2D eigenvalue weighted by molar-refractivity contribution is -0.118. The Morgan fingerprint density at radius 1 is 1.07 bits per heavy atom. The van der Waals surface area contributed by atoms with Gasteiger partial charge in [0.1, 0.15) is 17.7 Å². The molecule has 41 heavy (non-hydrogen) atoms. The van der Waals surface area contributed by atoms with Gasteiger partial charge in [0, 0.05) is 17.5 Å². The van der Waals surface area contributed by atoms with Crippen LogP contribution in [0.25, 0.3) is 16.6 Å². The number of likely N-dealkylation sites (tertiary alicyclic amines) is 1. The van der Waals surface area contributed by atoms with Gasteiger partial charge < -0.3 is 20.1 Å². The van der Waals surface area contributed by atoms with Crippen molar-refractivity contribution in [2.24, 2.45) is 0 Å². The number of amides is 1. The average molecular weight is 577 g/mol. The van der Waals surface area contributed by atoms with Gasteiger partial charge in [-0.25, -0.2) is 9.07 Å². The van der Waals surface area contributed by atoms with Crippen molar-refractivity contribution in [3.05, 3.63) is 88.8 Å². The second-order valence-corrected chi connectivity index (χ2v) is 11.1. The van der Waals surface area contributed by atoms with E-state index in [1.54, 1.807) is 59.4 Å². The molecule has 8 nitrogen and oxygen atoms in total. The summed E-state index contributed by atoms with van der Waals surface area (Å²) in [7, 11) is 0. The third-order valence-electron chi connectivity index (χ3n) is 7.57. The minimum absolute atomic E-state index is 0.188. The SMILES string of the molecule is O=C(N[C@H](CN1CCCC1)[C@H](O)c1ccc(OC2CC2)c(Cl)c1)C(=O)c1ccc2c(cnn2-c2ccc(F)cc2)c1. The van der Waals surface area contributed by atoms with E-state index in [1.165, 1.54) is 12.1 Å².